The Kier molecular flexibility index (Phi) is 3.98. The van der Waals surface area contributed by atoms with Crippen molar-refractivity contribution in [2.24, 2.45) is 12.8 Å². The number of carbonyl (C=O) groups excluding carboxylic acids is 1. The molecule has 100 valence electrons. The molecule has 1 fully saturated rings. The second-order valence-corrected chi connectivity index (χ2v) is 4.63. The van der Waals surface area contributed by atoms with E-state index < -0.39 is 0 Å². The topological polar surface area (TPSA) is 73.4 Å². The molecule has 0 radical (unpaired) electrons. The minimum Gasteiger partial charge on any atom is -0.381 e. The molecule has 1 aliphatic rings. The van der Waals surface area contributed by atoms with Crippen molar-refractivity contribution < 1.29 is 9.53 Å². The van der Waals surface area contributed by atoms with Crippen LogP contribution in [0.5, 0.6) is 0 Å². The molecule has 0 bridgehead atoms. The van der Waals surface area contributed by atoms with Gasteiger partial charge in [0.2, 0.25) is 0 Å². The number of nitrogens with zero attached hydrogens (tertiary/aromatic N) is 3. The number of methoxy groups -OCH3 is 1. The Bertz CT molecular complexity index is 418. The number of amides is 1. The van der Waals surface area contributed by atoms with E-state index in [0.717, 1.165) is 12.8 Å². The number of ether oxygens (including phenoxy) is 1. The van der Waals surface area contributed by atoms with Gasteiger partial charge in [0.25, 0.3) is 5.91 Å². The Labute approximate surface area is 107 Å². The number of aromatic nitrogens is 2. The summed E-state index contributed by atoms with van der Waals surface area (Å²) < 4.78 is 7.09. The van der Waals surface area contributed by atoms with E-state index in [4.69, 9.17) is 10.5 Å². The summed E-state index contributed by atoms with van der Waals surface area (Å²) in [6.07, 6.45) is 5.25. The SMILES string of the molecule is COC1CCN(C(=O)c2nccn2C)C(CN)C1. The van der Waals surface area contributed by atoms with Crippen molar-refractivity contribution in [1.29, 1.82) is 0 Å². The van der Waals surface area contributed by atoms with Crippen LogP contribution < -0.4 is 5.73 Å². The van der Waals surface area contributed by atoms with Crippen LogP contribution in [-0.4, -0.2) is 52.7 Å². The molecule has 2 rings (SSSR count). The van der Waals surface area contributed by atoms with Gasteiger partial charge in [-0.05, 0) is 12.8 Å². The lowest BCUT2D eigenvalue weighted by molar-refractivity contribution is 0.0131. The highest BCUT2D eigenvalue weighted by atomic mass is 16.5. The van der Waals surface area contributed by atoms with Crippen LogP contribution in [0.3, 0.4) is 0 Å². The zero-order valence-corrected chi connectivity index (χ0v) is 10.9. The quantitative estimate of drug-likeness (QED) is 0.821. The normalized spacial score (nSPS) is 24.3. The van der Waals surface area contributed by atoms with E-state index in [-0.39, 0.29) is 18.1 Å². The Morgan fingerprint density at radius 1 is 1.67 bits per heavy atom. The first-order valence-electron chi connectivity index (χ1n) is 6.18. The van der Waals surface area contributed by atoms with Crippen molar-refractivity contribution in [2.45, 2.75) is 25.0 Å². The predicted molar refractivity (Wildman–Crippen MR) is 67.1 cm³/mol. The van der Waals surface area contributed by atoms with Gasteiger partial charge in [-0.15, -0.1) is 0 Å². The molecule has 2 unspecified atom stereocenters. The highest BCUT2D eigenvalue weighted by Gasteiger charge is 2.32. The molecule has 6 nitrogen and oxygen atoms in total. The number of piperidine rings is 1. The number of aryl methyl sites for hydroxylation is 1. The number of nitrogens with two attached hydrogens (primary N) is 1. The lowest BCUT2D eigenvalue weighted by Gasteiger charge is -2.38. The Morgan fingerprint density at radius 3 is 3.00 bits per heavy atom. The molecular weight excluding hydrogens is 232 g/mol. The third-order valence-corrected chi connectivity index (χ3v) is 3.55. The molecule has 1 amide bonds. The maximum Gasteiger partial charge on any atom is 0.290 e. The first kappa shape index (κ1) is 13.0. The predicted octanol–water partition coefficient (Wildman–Crippen LogP) is -0.00160. The molecular formula is C12H20N4O2. The maximum absolute atomic E-state index is 12.4. The van der Waals surface area contributed by atoms with Gasteiger partial charge >= 0.3 is 0 Å². The van der Waals surface area contributed by atoms with Crippen LogP contribution >= 0.6 is 0 Å². The molecule has 0 aliphatic carbocycles. The molecule has 0 saturated carbocycles. The molecule has 0 aromatic carbocycles. The third-order valence-electron chi connectivity index (χ3n) is 3.55. The molecule has 18 heavy (non-hydrogen) atoms. The van der Waals surface area contributed by atoms with Crippen LogP contribution in [-0.2, 0) is 11.8 Å². The monoisotopic (exact) mass is 252 g/mol. The van der Waals surface area contributed by atoms with Gasteiger partial charge in [0.05, 0.1) is 6.10 Å². The summed E-state index contributed by atoms with van der Waals surface area (Å²) in [5.41, 5.74) is 5.76. The number of hydrogen-bond acceptors (Lipinski definition) is 4. The molecule has 6 heteroatoms. The number of rotatable bonds is 3. The molecule has 2 N–H and O–H groups in total. The van der Waals surface area contributed by atoms with E-state index in [0.29, 0.717) is 18.9 Å². The van der Waals surface area contributed by atoms with Crippen molar-refractivity contribution in [2.75, 3.05) is 20.2 Å². The zero-order valence-electron chi connectivity index (χ0n) is 10.9. The highest BCUT2D eigenvalue weighted by molar-refractivity contribution is 5.91. The zero-order chi connectivity index (χ0) is 13.1. The number of hydrogen-bond donors (Lipinski definition) is 1. The second kappa shape index (κ2) is 5.49. The van der Waals surface area contributed by atoms with E-state index >= 15 is 0 Å². The Balaban J connectivity index is 2.13. The van der Waals surface area contributed by atoms with Crippen molar-refractivity contribution in [3.05, 3.63) is 18.2 Å². The van der Waals surface area contributed by atoms with Crippen LogP contribution in [0.2, 0.25) is 0 Å². The fraction of sp³-hybridized carbons (Fsp3) is 0.667. The van der Waals surface area contributed by atoms with Gasteiger partial charge in [-0.1, -0.05) is 0 Å². The van der Waals surface area contributed by atoms with E-state index in [1.54, 1.807) is 24.1 Å². The Hall–Kier alpha value is -1.40. The maximum atomic E-state index is 12.4. The third kappa shape index (κ3) is 2.39. The molecule has 2 heterocycles. The standard InChI is InChI=1S/C12H20N4O2/c1-15-6-4-14-11(15)12(17)16-5-3-10(18-2)7-9(16)8-13/h4,6,9-10H,3,5,7-8,13H2,1-2H3. The van der Waals surface area contributed by atoms with E-state index in [2.05, 4.69) is 4.98 Å². The number of imidazole rings is 1. The largest absolute Gasteiger partial charge is 0.381 e. The van der Waals surface area contributed by atoms with E-state index in [1.165, 1.54) is 0 Å². The van der Waals surface area contributed by atoms with E-state index in [1.807, 2.05) is 11.9 Å². The smallest absolute Gasteiger partial charge is 0.290 e. The summed E-state index contributed by atoms with van der Waals surface area (Å²) in [6.45, 7) is 1.13. The van der Waals surface area contributed by atoms with Crippen LogP contribution in [0.25, 0.3) is 0 Å². The molecule has 1 aliphatic heterocycles. The van der Waals surface area contributed by atoms with Gasteiger partial charge in [-0.25, -0.2) is 4.98 Å². The molecule has 1 aromatic rings. The summed E-state index contributed by atoms with van der Waals surface area (Å²) >= 11 is 0. The molecule has 0 spiro atoms. The molecule has 1 saturated heterocycles. The van der Waals surface area contributed by atoms with Gasteiger partial charge < -0.3 is 19.9 Å². The lowest BCUT2D eigenvalue weighted by Crippen LogP contribution is -2.51. The van der Waals surface area contributed by atoms with E-state index in [9.17, 15) is 4.79 Å². The second-order valence-electron chi connectivity index (χ2n) is 4.63. The van der Waals surface area contributed by atoms with Gasteiger partial charge in [0, 0.05) is 45.7 Å². The van der Waals surface area contributed by atoms with Crippen LogP contribution in [0.4, 0.5) is 0 Å². The van der Waals surface area contributed by atoms with Gasteiger partial charge in [-0.3, -0.25) is 4.79 Å². The van der Waals surface area contributed by atoms with Gasteiger partial charge in [0.1, 0.15) is 0 Å². The average molecular weight is 252 g/mol. The first-order valence-corrected chi connectivity index (χ1v) is 6.18. The summed E-state index contributed by atoms with van der Waals surface area (Å²) in [6, 6.07) is 0.0351. The highest BCUT2D eigenvalue weighted by Crippen LogP contribution is 2.20. The fourth-order valence-corrected chi connectivity index (χ4v) is 2.42. The van der Waals surface area contributed by atoms with Crippen molar-refractivity contribution >= 4 is 5.91 Å². The average Bonchev–Trinajstić information content (AvgIpc) is 2.83. The van der Waals surface area contributed by atoms with Crippen molar-refractivity contribution in [3.8, 4) is 0 Å². The summed E-state index contributed by atoms with van der Waals surface area (Å²) in [4.78, 5) is 18.3. The van der Waals surface area contributed by atoms with Crippen molar-refractivity contribution in [3.63, 3.8) is 0 Å². The molecule has 1 aromatic heterocycles. The Morgan fingerprint density at radius 2 is 2.44 bits per heavy atom. The summed E-state index contributed by atoms with van der Waals surface area (Å²) in [5, 5.41) is 0. The van der Waals surface area contributed by atoms with Gasteiger partial charge in [0.15, 0.2) is 5.82 Å². The number of likely N-dealkylation sites (tertiary alicyclic amines) is 1. The van der Waals surface area contributed by atoms with Crippen molar-refractivity contribution in [1.82, 2.24) is 14.5 Å². The number of carbonyl (C=O) groups is 1. The lowest BCUT2D eigenvalue weighted by atomic mass is 9.99. The van der Waals surface area contributed by atoms with Crippen LogP contribution in [0.15, 0.2) is 12.4 Å². The minimum absolute atomic E-state index is 0.0351. The first-order chi connectivity index (χ1) is 8.67. The summed E-state index contributed by atoms with van der Waals surface area (Å²) in [5.74, 6) is 0.414. The fourth-order valence-electron chi connectivity index (χ4n) is 2.42. The molecule has 2 atom stereocenters. The van der Waals surface area contributed by atoms with Crippen LogP contribution in [0, 0.1) is 0 Å². The van der Waals surface area contributed by atoms with Gasteiger partial charge in [-0.2, -0.15) is 0 Å². The minimum atomic E-state index is -0.0486. The summed E-state index contributed by atoms with van der Waals surface area (Å²) in [7, 11) is 3.52. The van der Waals surface area contributed by atoms with Crippen LogP contribution in [0.1, 0.15) is 23.5 Å².